The van der Waals surface area contributed by atoms with Crippen molar-refractivity contribution in [2.24, 2.45) is 0 Å². The second-order valence-electron chi connectivity index (χ2n) is 1.74. The molecule has 0 aromatic rings. The van der Waals surface area contributed by atoms with Gasteiger partial charge in [-0.25, -0.2) is 5.43 Å². The summed E-state index contributed by atoms with van der Waals surface area (Å²) in [6.07, 6.45) is 0. The van der Waals surface area contributed by atoms with E-state index >= 15 is 0 Å². The van der Waals surface area contributed by atoms with Crippen molar-refractivity contribution in [1.82, 2.24) is 9.84 Å². The number of carboxylic acid groups (broad SMARTS) is 1. The van der Waals surface area contributed by atoms with Gasteiger partial charge in [0.05, 0.1) is 0 Å². The molecule has 12 heavy (non-hydrogen) atoms. The molecule has 0 radical (unpaired) electrons. The minimum atomic E-state index is -2.50. The Labute approximate surface area is 76.9 Å². The predicted octanol–water partition coefficient (Wildman–Crippen LogP) is -1.09. The molecule has 0 spiro atoms. The van der Waals surface area contributed by atoms with Gasteiger partial charge in [-0.3, -0.25) is 9.00 Å². The normalized spacial score (nSPS) is 13.2. The molecule has 6 nitrogen and oxygen atoms in total. The number of carboxylic acids is 1. The second kappa shape index (κ2) is 6.32. The number of alkyl halides is 1. The van der Waals surface area contributed by atoms with E-state index in [1.807, 2.05) is 0 Å². The molecule has 0 amide bonds. The van der Waals surface area contributed by atoms with E-state index in [1.54, 1.807) is 0 Å². The third kappa shape index (κ3) is 5.44. The highest BCUT2D eigenvalue weighted by molar-refractivity contribution is 7.76. The summed E-state index contributed by atoms with van der Waals surface area (Å²) in [7, 11) is 0. The Morgan fingerprint density at radius 3 is 2.67 bits per heavy atom. The molecule has 8 heteroatoms. The summed E-state index contributed by atoms with van der Waals surface area (Å²) in [5, 5.41) is 8.19. The smallest absolute Gasteiger partial charge is 0.318 e. The van der Waals surface area contributed by atoms with Crippen LogP contribution in [0.2, 0.25) is 0 Å². The largest absolute Gasteiger partial charge is 0.759 e. The van der Waals surface area contributed by atoms with E-state index in [0.29, 0.717) is 0 Å². The first-order valence-corrected chi connectivity index (χ1v) is 4.52. The molecule has 72 valence electrons. The third-order valence-electron chi connectivity index (χ3n) is 0.874. The van der Waals surface area contributed by atoms with Crippen LogP contribution in [0, 0.1) is 0 Å². The van der Waals surface area contributed by atoms with Crippen LogP contribution in [-0.2, 0) is 16.1 Å². The quantitative estimate of drug-likeness (QED) is 0.334. The topological polar surface area (TPSA) is 92.7 Å². The SMILES string of the molecule is O=C(O)CNN(CCCl)S(=O)[O-]. The average Bonchev–Trinajstić information content (AvgIpc) is 1.96. The minimum Gasteiger partial charge on any atom is -0.759 e. The zero-order chi connectivity index (χ0) is 9.56. The second-order valence-corrected chi connectivity index (χ2v) is 2.99. The number of hydrazine groups is 1. The van der Waals surface area contributed by atoms with Crippen LogP contribution >= 0.6 is 11.6 Å². The van der Waals surface area contributed by atoms with Gasteiger partial charge in [0.2, 0.25) is 0 Å². The van der Waals surface area contributed by atoms with Crippen LogP contribution in [0.25, 0.3) is 0 Å². The van der Waals surface area contributed by atoms with E-state index in [2.05, 4.69) is 5.43 Å². The van der Waals surface area contributed by atoms with Crippen LogP contribution in [0.15, 0.2) is 0 Å². The van der Waals surface area contributed by atoms with E-state index < -0.39 is 23.8 Å². The first-order valence-electron chi connectivity index (χ1n) is 2.96. The Hall–Kier alpha value is -0.210. The van der Waals surface area contributed by atoms with Gasteiger partial charge in [0, 0.05) is 23.7 Å². The Kier molecular flexibility index (Phi) is 6.21. The lowest BCUT2D eigenvalue weighted by molar-refractivity contribution is -0.136. The van der Waals surface area contributed by atoms with Crippen molar-refractivity contribution < 1.29 is 18.7 Å². The summed E-state index contributed by atoms with van der Waals surface area (Å²) >= 11 is 2.76. The lowest BCUT2D eigenvalue weighted by Gasteiger charge is -2.22. The Morgan fingerprint density at radius 2 is 2.33 bits per heavy atom. The lowest BCUT2D eigenvalue weighted by Crippen LogP contribution is -2.43. The maximum atomic E-state index is 10.3. The first-order chi connectivity index (χ1) is 5.57. The number of halogens is 1. The Balaban J connectivity index is 3.79. The number of carbonyl (C=O) groups is 1. The van der Waals surface area contributed by atoms with Gasteiger partial charge in [0.25, 0.3) is 0 Å². The molecule has 1 atom stereocenters. The van der Waals surface area contributed by atoms with Crippen molar-refractivity contribution in [3.63, 3.8) is 0 Å². The van der Waals surface area contributed by atoms with Gasteiger partial charge in [-0.1, -0.05) is 0 Å². The molecule has 0 aliphatic heterocycles. The standard InChI is InChI=1S/C4H9ClN2O4S/c5-1-2-7(12(10)11)6-3-4(8)9/h6H,1-3H2,(H,8,9)(H,10,11)/p-1. The van der Waals surface area contributed by atoms with Crippen molar-refractivity contribution >= 4 is 28.8 Å². The van der Waals surface area contributed by atoms with E-state index in [0.717, 1.165) is 4.41 Å². The number of nitrogens with one attached hydrogen (secondary N) is 1. The number of nitrogens with zero attached hydrogens (tertiary/aromatic N) is 1. The molecule has 0 saturated carbocycles. The maximum Gasteiger partial charge on any atom is 0.318 e. The molecule has 1 unspecified atom stereocenters. The molecule has 0 rings (SSSR count). The van der Waals surface area contributed by atoms with Crippen molar-refractivity contribution in [3.05, 3.63) is 0 Å². The van der Waals surface area contributed by atoms with Gasteiger partial charge in [-0.2, -0.15) is 4.41 Å². The molecule has 0 fully saturated rings. The highest BCUT2D eigenvalue weighted by Gasteiger charge is 2.05. The van der Waals surface area contributed by atoms with Gasteiger partial charge in [0.1, 0.15) is 6.54 Å². The summed E-state index contributed by atoms with van der Waals surface area (Å²) in [5.74, 6) is -1.04. The van der Waals surface area contributed by atoms with Crippen LogP contribution in [0.3, 0.4) is 0 Å². The van der Waals surface area contributed by atoms with Crippen LogP contribution in [0.5, 0.6) is 0 Å². The Morgan fingerprint density at radius 1 is 1.75 bits per heavy atom. The summed E-state index contributed by atoms with van der Waals surface area (Å²) in [6, 6.07) is 0. The van der Waals surface area contributed by atoms with Gasteiger partial charge in [-0.15, -0.1) is 11.6 Å². The number of hydrogen-bond acceptors (Lipinski definition) is 4. The molecular formula is C4H8ClN2O4S-. The lowest BCUT2D eigenvalue weighted by atomic mass is 10.7. The summed E-state index contributed by atoms with van der Waals surface area (Å²) < 4.78 is 21.4. The molecule has 2 N–H and O–H groups in total. The fourth-order valence-corrected chi connectivity index (χ4v) is 1.12. The van der Waals surface area contributed by atoms with Crippen LogP contribution in [0.4, 0.5) is 0 Å². The molecule has 0 aromatic carbocycles. The van der Waals surface area contributed by atoms with Gasteiger partial charge in [-0.05, 0) is 0 Å². The molecule has 0 bridgehead atoms. The van der Waals surface area contributed by atoms with Crippen molar-refractivity contribution in [1.29, 1.82) is 0 Å². The molecule has 0 heterocycles. The molecule has 0 aliphatic carbocycles. The number of aliphatic carboxylic acids is 1. The van der Waals surface area contributed by atoms with Crippen molar-refractivity contribution in [3.8, 4) is 0 Å². The summed E-state index contributed by atoms with van der Waals surface area (Å²) in [4.78, 5) is 10.0. The zero-order valence-corrected chi connectivity index (χ0v) is 7.60. The van der Waals surface area contributed by atoms with Gasteiger partial charge >= 0.3 is 5.97 Å². The summed E-state index contributed by atoms with van der Waals surface area (Å²) in [5.41, 5.74) is 2.16. The minimum absolute atomic E-state index is 0.0327. The zero-order valence-electron chi connectivity index (χ0n) is 6.03. The van der Waals surface area contributed by atoms with Crippen molar-refractivity contribution in [2.45, 2.75) is 0 Å². The van der Waals surface area contributed by atoms with E-state index in [1.165, 1.54) is 0 Å². The molecule has 0 saturated heterocycles. The number of hydrogen-bond donors (Lipinski definition) is 2. The fraction of sp³-hybridized carbons (Fsp3) is 0.750. The molecule has 0 aromatic heterocycles. The van der Waals surface area contributed by atoms with E-state index in [9.17, 15) is 13.6 Å². The van der Waals surface area contributed by atoms with Crippen LogP contribution in [0.1, 0.15) is 0 Å². The predicted molar refractivity (Wildman–Crippen MR) is 42.0 cm³/mol. The highest BCUT2D eigenvalue weighted by Crippen LogP contribution is 1.87. The van der Waals surface area contributed by atoms with Gasteiger partial charge in [0.15, 0.2) is 0 Å². The Bertz CT molecular complexity index is 178. The average molecular weight is 216 g/mol. The fourth-order valence-electron chi connectivity index (χ4n) is 0.439. The van der Waals surface area contributed by atoms with Gasteiger partial charge < -0.3 is 9.66 Å². The van der Waals surface area contributed by atoms with E-state index in [4.69, 9.17) is 16.7 Å². The number of rotatable bonds is 6. The van der Waals surface area contributed by atoms with Crippen molar-refractivity contribution in [2.75, 3.05) is 19.0 Å². The van der Waals surface area contributed by atoms with E-state index in [-0.39, 0.29) is 12.4 Å². The first kappa shape index (κ1) is 11.8. The third-order valence-corrected chi connectivity index (χ3v) is 1.71. The highest BCUT2D eigenvalue weighted by atomic mass is 35.5. The van der Waals surface area contributed by atoms with Crippen LogP contribution < -0.4 is 5.43 Å². The maximum absolute atomic E-state index is 10.3. The molecular weight excluding hydrogens is 208 g/mol. The van der Waals surface area contributed by atoms with Crippen LogP contribution in [-0.4, -0.2) is 43.2 Å². The summed E-state index contributed by atoms with van der Waals surface area (Å²) in [6.45, 7) is -0.421. The monoisotopic (exact) mass is 215 g/mol. The molecule has 0 aliphatic rings.